The Kier molecular flexibility index (Phi) is 3.50. The fourth-order valence-corrected chi connectivity index (χ4v) is 1.83. The van der Waals surface area contributed by atoms with E-state index in [1.54, 1.807) is 12.1 Å². The lowest BCUT2D eigenvalue weighted by molar-refractivity contribution is -0.151. The van der Waals surface area contributed by atoms with Gasteiger partial charge in [-0.15, -0.1) is 0 Å². The summed E-state index contributed by atoms with van der Waals surface area (Å²) in [5, 5.41) is 0.643. The van der Waals surface area contributed by atoms with Gasteiger partial charge >= 0.3 is 0 Å². The van der Waals surface area contributed by atoms with Gasteiger partial charge < -0.3 is 4.74 Å². The molecule has 0 fully saturated rings. The molecule has 98 valence electrons. The number of hydrogen-bond donors (Lipinski definition) is 1. The first kappa shape index (κ1) is 13.2. The van der Waals surface area contributed by atoms with Gasteiger partial charge in [0.25, 0.3) is 5.91 Å². The maximum atomic E-state index is 11.9. The lowest BCUT2D eigenvalue weighted by atomic mass is 10.1. The molecule has 0 bridgehead atoms. The van der Waals surface area contributed by atoms with Crippen molar-refractivity contribution in [3.63, 3.8) is 0 Å². The van der Waals surface area contributed by atoms with Crippen LogP contribution in [0.4, 0.5) is 0 Å². The molecule has 1 aliphatic rings. The quantitative estimate of drug-likeness (QED) is 0.839. The molecular formula is C13H16ClNO3. The Balaban J connectivity index is 1.96. The zero-order valence-electron chi connectivity index (χ0n) is 10.6. The second kappa shape index (κ2) is 4.78. The number of rotatable bonds is 2. The van der Waals surface area contributed by atoms with Crippen LogP contribution in [0.2, 0.25) is 5.02 Å². The highest BCUT2D eigenvalue weighted by Crippen LogP contribution is 2.31. The van der Waals surface area contributed by atoms with Crippen LogP contribution in [0.25, 0.3) is 0 Å². The summed E-state index contributed by atoms with van der Waals surface area (Å²) >= 11 is 5.89. The lowest BCUT2D eigenvalue weighted by Gasteiger charge is -2.20. The van der Waals surface area contributed by atoms with Gasteiger partial charge in [-0.25, -0.2) is 5.48 Å². The molecule has 1 aliphatic heterocycles. The SMILES string of the molecule is CC(C)(C)ONC(=O)C1Cc2cc(Cl)ccc2O1. The summed E-state index contributed by atoms with van der Waals surface area (Å²) < 4.78 is 5.54. The second-order valence-corrected chi connectivity index (χ2v) is 5.68. The summed E-state index contributed by atoms with van der Waals surface area (Å²) in [6.07, 6.45) is -0.0456. The first-order valence-corrected chi connectivity index (χ1v) is 6.16. The van der Waals surface area contributed by atoms with Crippen LogP contribution in [0.1, 0.15) is 26.3 Å². The van der Waals surface area contributed by atoms with E-state index in [0.29, 0.717) is 17.2 Å². The second-order valence-electron chi connectivity index (χ2n) is 5.24. The van der Waals surface area contributed by atoms with Gasteiger partial charge in [0.15, 0.2) is 6.10 Å². The maximum Gasteiger partial charge on any atom is 0.284 e. The average Bonchev–Trinajstić information content (AvgIpc) is 2.67. The molecule has 0 radical (unpaired) electrons. The standard InChI is InChI=1S/C13H16ClNO3/c1-13(2,3)18-15-12(16)11-7-8-6-9(14)4-5-10(8)17-11/h4-6,11H,7H2,1-3H3,(H,15,16). The van der Waals surface area contributed by atoms with E-state index >= 15 is 0 Å². The number of carbonyl (C=O) groups is 1. The van der Waals surface area contributed by atoms with Gasteiger partial charge in [0.2, 0.25) is 0 Å². The van der Waals surface area contributed by atoms with Crippen LogP contribution in [0.5, 0.6) is 5.75 Å². The number of ether oxygens (including phenoxy) is 1. The number of amides is 1. The molecule has 1 unspecified atom stereocenters. The third-order valence-electron chi connectivity index (χ3n) is 2.45. The minimum absolute atomic E-state index is 0.280. The van der Waals surface area contributed by atoms with Crippen LogP contribution in [0, 0.1) is 0 Å². The van der Waals surface area contributed by atoms with Crippen molar-refractivity contribution >= 4 is 17.5 Å². The maximum absolute atomic E-state index is 11.9. The number of nitrogens with one attached hydrogen (secondary N) is 1. The van der Waals surface area contributed by atoms with Crippen LogP contribution in [0.3, 0.4) is 0 Å². The van der Waals surface area contributed by atoms with Gasteiger partial charge in [0.05, 0.1) is 5.60 Å². The van der Waals surface area contributed by atoms with E-state index in [0.717, 1.165) is 5.56 Å². The molecule has 1 N–H and O–H groups in total. The fourth-order valence-electron chi connectivity index (χ4n) is 1.63. The van der Waals surface area contributed by atoms with Crippen molar-refractivity contribution in [3.05, 3.63) is 28.8 Å². The predicted molar refractivity (Wildman–Crippen MR) is 68.6 cm³/mol. The fraction of sp³-hybridized carbons (Fsp3) is 0.462. The molecule has 1 aromatic carbocycles. The molecule has 0 saturated heterocycles. The molecule has 2 rings (SSSR count). The van der Waals surface area contributed by atoms with Crippen molar-refractivity contribution < 1.29 is 14.4 Å². The normalized spacial score (nSPS) is 18.1. The van der Waals surface area contributed by atoms with Gasteiger partial charge in [0.1, 0.15) is 5.75 Å². The highest BCUT2D eigenvalue weighted by molar-refractivity contribution is 6.30. The first-order valence-electron chi connectivity index (χ1n) is 5.78. The van der Waals surface area contributed by atoms with E-state index in [1.165, 1.54) is 0 Å². The summed E-state index contributed by atoms with van der Waals surface area (Å²) in [5.41, 5.74) is 2.93. The summed E-state index contributed by atoms with van der Waals surface area (Å²) in [6.45, 7) is 5.58. The van der Waals surface area contributed by atoms with Crippen molar-refractivity contribution in [3.8, 4) is 5.75 Å². The van der Waals surface area contributed by atoms with Crippen molar-refractivity contribution in [1.82, 2.24) is 5.48 Å². The monoisotopic (exact) mass is 269 g/mol. The van der Waals surface area contributed by atoms with Crippen molar-refractivity contribution in [2.24, 2.45) is 0 Å². The van der Waals surface area contributed by atoms with E-state index in [1.807, 2.05) is 26.8 Å². The van der Waals surface area contributed by atoms with Gasteiger partial charge in [0, 0.05) is 11.4 Å². The van der Waals surface area contributed by atoms with Crippen LogP contribution >= 0.6 is 11.6 Å². The van der Waals surface area contributed by atoms with E-state index < -0.39 is 11.7 Å². The Morgan fingerprint density at radius 2 is 2.22 bits per heavy atom. The Hall–Kier alpha value is -1.26. The number of carbonyl (C=O) groups excluding carboxylic acids is 1. The highest BCUT2D eigenvalue weighted by atomic mass is 35.5. The average molecular weight is 270 g/mol. The van der Waals surface area contributed by atoms with Crippen LogP contribution in [-0.4, -0.2) is 17.6 Å². The van der Waals surface area contributed by atoms with E-state index in [-0.39, 0.29) is 5.91 Å². The topological polar surface area (TPSA) is 47.6 Å². The zero-order chi connectivity index (χ0) is 13.3. The lowest BCUT2D eigenvalue weighted by Crippen LogP contribution is -2.41. The minimum Gasteiger partial charge on any atom is -0.480 e. The van der Waals surface area contributed by atoms with E-state index in [4.69, 9.17) is 21.2 Å². The summed E-state index contributed by atoms with van der Waals surface area (Å²) in [7, 11) is 0. The molecule has 1 heterocycles. The van der Waals surface area contributed by atoms with Gasteiger partial charge in [-0.05, 0) is 44.5 Å². The Bertz CT molecular complexity index is 468. The largest absolute Gasteiger partial charge is 0.480 e. The molecule has 0 aromatic heterocycles. The van der Waals surface area contributed by atoms with Crippen LogP contribution < -0.4 is 10.2 Å². The van der Waals surface area contributed by atoms with Gasteiger partial charge in [-0.1, -0.05) is 11.6 Å². The van der Waals surface area contributed by atoms with Crippen molar-refractivity contribution in [1.29, 1.82) is 0 Å². The van der Waals surface area contributed by atoms with Crippen molar-refractivity contribution in [2.75, 3.05) is 0 Å². The number of hydroxylamine groups is 1. The highest BCUT2D eigenvalue weighted by Gasteiger charge is 2.30. The summed E-state index contributed by atoms with van der Waals surface area (Å²) in [4.78, 5) is 17.1. The van der Waals surface area contributed by atoms with E-state index in [2.05, 4.69) is 5.48 Å². The Morgan fingerprint density at radius 1 is 1.50 bits per heavy atom. The summed E-state index contributed by atoms with van der Waals surface area (Å²) in [6, 6.07) is 5.33. The predicted octanol–water partition coefficient (Wildman–Crippen LogP) is 2.49. The number of benzene rings is 1. The van der Waals surface area contributed by atoms with Crippen LogP contribution in [-0.2, 0) is 16.1 Å². The van der Waals surface area contributed by atoms with Gasteiger partial charge in [-0.2, -0.15) is 0 Å². The molecule has 1 atom stereocenters. The molecule has 0 spiro atoms. The third-order valence-corrected chi connectivity index (χ3v) is 2.68. The molecule has 1 amide bonds. The number of fused-ring (bicyclic) bond motifs is 1. The third kappa shape index (κ3) is 3.15. The summed E-state index contributed by atoms with van der Waals surface area (Å²) in [5.74, 6) is 0.424. The number of hydrogen-bond acceptors (Lipinski definition) is 3. The Labute approximate surface area is 111 Å². The molecule has 4 nitrogen and oxygen atoms in total. The molecule has 18 heavy (non-hydrogen) atoms. The van der Waals surface area contributed by atoms with Crippen molar-refractivity contribution in [2.45, 2.75) is 38.9 Å². The molecule has 1 aromatic rings. The number of halogens is 1. The Morgan fingerprint density at radius 3 is 2.89 bits per heavy atom. The van der Waals surface area contributed by atoms with Gasteiger partial charge in [-0.3, -0.25) is 9.63 Å². The van der Waals surface area contributed by atoms with E-state index in [9.17, 15) is 4.79 Å². The smallest absolute Gasteiger partial charge is 0.284 e. The minimum atomic E-state index is -0.555. The first-order chi connectivity index (χ1) is 8.35. The molecule has 5 heteroatoms. The molecule has 0 saturated carbocycles. The molecular weight excluding hydrogens is 254 g/mol. The zero-order valence-corrected chi connectivity index (χ0v) is 11.4. The van der Waals surface area contributed by atoms with Crippen LogP contribution in [0.15, 0.2) is 18.2 Å². The molecule has 0 aliphatic carbocycles.